The third-order valence-electron chi connectivity index (χ3n) is 2.21. The van der Waals surface area contributed by atoms with Gasteiger partial charge in [-0.1, -0.05) is 0 Å². The summed E-state index contributed by atoms with van der Waals surface area (Å²) in [5.74, 6) is 0. The lowest BCUT2D eigenvalue weighted by Crippen LogP contribution is -2.49. The monoisotopic (exact) mass is 314 g/mol. The minimum atomic E-state index is -4.92. The Hall–Kier alpha value is -0.780. The van der Waals surface area contributed by atoms with Crippen molar-refractivity contribution in [3.05, 3.63) is 12.3 Å². The molecule has 0 fully saturated rings. The van der Waals surface area contributed by atoms with Gasteiger partial charge in [-0.3, -0.25) is 4.55 Å². The fourth-order valence-electron chi connectivity index (χ4n) is 1.42. The largest absolute Gasteiger partial charge is 1.00 e. The normalized spacial score (nSPS) is 19.2. The van der Waals surface area contributed by atoms with Gasteiger partial charge in [0.05, 0.1) is 13.2 Å². The number of β-amino-alcohol motifs (C(OH)–C–C–N with tert-alkyl or cyclic N) is 2. The number of hydrogen-bond donors (Lipinski definition) is 3. The molecule has 10 heteroatoms. The Labute approximate surface area is 119 Å². The molecule has 1 atom stereocenters. The number of thiocarbonyl (C=S) groups is 1. The van der Waals surface area contributed by atoms with Crippen LogP contribution in [0.15, 0.2) is 12.3 Å². The maximum Gasteiger partial charge on any atom is 1.00 e. The van der Waals surface area contributed by atoms with Crippen LogP contribution in [0, 0.1) is 0 Å². The molecule has 3 N–H and O–H groups in total. The zero-order chi connectivity index (χ0) is 15.1. The molecule has 1 heterocycles. The van der Waals surface area contributed by atoms with Crippen molar-refractivity contribution < 1.29 is 29.2 Å². The van der Waals surface area contributed by atoms with Gasteiger partial charge in [0.2, 0.25) is 10.4 Å². The molecule has 0 radical (unpaired) electrons. The molecule has 1 aliphatic rings. The van der Waals surface area contributed by atoms with E-state index in [0.717, 1.165) is 0 Å². The molecule has 0 aromatic heterocycles. The van der Waals surface area contributed by atoms with Crippen LogP contribution in [0.5, 0.6) is 0 Å². The zero-order valence-corrected chi connectivity index (χ0v) is 12.0. The summed E-state index contributed by atoms with van der Waals surface area (Å²) in [6.07, 6.45) is 3.89. The van der Waals surface area contributed by atoms with Gasteiger partial charge in [-0.25, -0.2) is 8.42 Å². The van der Waals surface area contributed by atoms with Crippen molar-refractivity contribution in [1.29, 1.82) is 0 Å². The molecule has 8 nitrogen and oxygen atoms in total. The van der Waals surface area contributed by atoms with E-state index in [-0.39, 0.29) is 20.7 Å². The Kier molecular flexibility index (Phi) is 8.06. The number of nitrogens with zero attached hydrogens (tertiary/aromatic N) is 2. The van der Waals surface area contributed by atoms with E-state index < -0.39 is 10.4 Å². The van der Waals surface area contributed by atoms with E-state index in [2.05, 4.69) is 0 Å². The molecular formula is C9H18N2O6S2. The van der Waals surface area contributed by atoms with Gasteiger partial charge in [0, 0.05) is 25.3 Å². The van der Waals surface area contributed by atoms with Crippen molar-refractivity contribution in [1.82, 2.24) is 9.80 Å². The highest BCUT2D eigenvalue weighted by atomic mass is 32.3. The molecule has 0 saturated carbocycles. The summed E-state index contributed by atoms with van der Waals surface area (Å²) in [4.78, 5) is 3.75. The lowest BCUT2D eigenvalue weighted by Gasteiger charge is -2.38. The highest BCUT2D eigenvalue weighted by molar-refractivity contribution is 7.80. The van der Waals surface area contributed by atoms with Crippen molar-refractivity contribution in [2.24, 2.45) is 0 Å². The lowest BCUT2D eigenvalue weighted by atomic mass is 10.2. The van der Waals surface area contributed by atoms with E-state index in [9.17, 15) is 0 Å². The summed E-state index contributed by atoms with van der Waals surface area (Å²) in [5, 5.41) is 18.4. The SMILES string of the molecule is CC1C=CN(CCO)C(=S)N1CCO.O=S(=O)([O-])O.[H+]. The zero-order valence-electron chi connectivity index (χ0n) is 11.3. The van der Waals surface area contributed by atoms with E-state index >= 15 is 0 Å². The third kappa shape index (κ3) is 8.08. The molecular weight excluding hydrogens is 296 g/mol. The Morgan fingerprint density at radius 1 is 1.42 bits per heavy atom. The molecule has 1 aliphatic heterocycles. The van der Waals surface area contributed by atoms with Gasteiger partial charge in [0.25, 0.3) is 0 Å². The molecule has 0 bridgehead atoms. The molecule has 112 valence electrons. The Balaban J connectivity index is 0. The first-order valence-electron chi connectivity index (χ1n) is 5.36. The summed E-state index contributed by atoms with van der Waals surface area (Å²) >= 11 is 5.23. The maximum atomic E-state index is 8.88. The van der Waals surface area contributed by atoms with Crippen LogP contribution in [0.4, 0.5) is 0 Å². The Morgan fingerprint density at radius 2 is 1.89 bits per heavy atom. The number of aliphatic hydroxyl groups excluding tert-OH is 2. The van der Waals surface area contributed by atoms with E-state index in [0.29, 0.717) is 18.2 Å². The van der Waals surface area contributed by atoms with Crippen LogP contribution < -0.4 is 0 Å². The van der Waals surface area contributed by atoms with E-state index in [4.69, 9.17) is 40.0 Å². The first-order chi connectivity index (χ1) is 8.70. The van der Waals surface area contributed by atoms with E-state index in [1.165, 1.54) is 0 Å². The van der Waals surface area contributed by atoms with Gasteiger partial charge in [0.1, 0.15) is 0 Å². The maximum absolute atomic E-state index is 8.88. The molecule has 0 aliphatic carbocycles. The van der Waals surface area contributed by atoms with Crippen LogP contribution in [-0.4, -0.2) is 75.0 Å². The second-order valence-electron chi connectivity index (χ2n) is 3.63. The molecule has 0 aromatic rings. The van der Waals surface area contributed by atoms with Gasteiger partial charge >= 0.3 is 1.43 Å². The standard InChI is InChI=1S/C9H16N2O2S.H2O4S/c1-8-2-3-10(4-6-12)9(14)11(8)5-7-13;1-5(2,3)4/h2-3,8,12-13H,4-7H2,1H3;(H2,1,2,3,4). The molecule has 19 heavy (non-hydrogen) atoms. The molecule has 0 amide bonds. The summed E-state index contributed by atoms with van der Waals surface area (Å²) in [5.41, 5.74) is 0. The van der Waals surface area contributed by atoms with Crippen LogP contribution in [0.2, 0.25) is 0 Å². The van der Waals surface area contributed by atoms with E-state index in [1.54, 1.807) is 0 Å². The molecule has 0 spiro atoms. The van der Waals surface area contributed by atoms with Crippen LogP contribution >= 0.6 is 12.2 Å². The molecule has 0 aromatic carbocycles. The second kappa shape index (κ2) is 8.40. The molecule has 1 rings (SSSR count). The summed E-state index contributed by atoms with van der Waals surface area (Å²) in [6, 6.07) is 0.213. The van der Waals surface area contributed by atoms with Gasteiger partial charge < -0.3 is 24.6 Å². The highest BCUT2D eigenvalue weighted by Crippen LogP contribution is 2.12. The van der Waals surface area contributed by atoms with Gasteiger partial charge in [-0.15, -0.1) is 0 Å². The number of aliphatic hydroxyl groups is 2. The first kappa shape index (κ1) is 18.2. The fourth-order valence-corrected chi connectivity index (χ4v) is 1.83. The summed E-state index contributed by atoms with van der Waals surface area (Å²) in [6.45, 7) is 3.22. The van der Waals surface area contributed by atoms with Crippen LogP contribution in [0.3, 0.4) is 0 Å². The van der Waals surface area contributed by atoms with Crippen molar-refractivity contribution in [3.8, 4) is 0 Å². The topological polar surface area (TPSA) is 124 Å². The van der Waals surface area contributed by atoms with Crippen molar-refractivity contribution in [3.63, 3.8) is 0 Å². The van der Waals surface area contributed by atoms with E-state index in [1.807, 2.05) is 29.0 Å². The highest BCUT2D eigenvalue weighted by Gasteiger charge is 2.22. The summed E-state index contributed by atoms with van der Waals surface area (Å²) < 4.78 is 32.8. The smallest absolute Gasteiger partial charge is 0.726 e. The predicted molar refractivity (Wildman–Crippen MR) is 72.2 cm³/mol. The first-order valence-corrected chi connectivity index (χ1v) is 7.13. The summed E-state index contributed by atoms with van der Waals surface area (Å²) in [7, 11) is -4.92. The van der Waals surface area contributed by atoms with Gasteiger partial charge in [0.15, 0.2) is 5.11 Å². The average Bonchev–Trinajstić information content (AvgIpc) is 2.26. The fraction of sp³-hybridized carbons (Fsp3) is 0.667. The van der Waals surface area contributed by atoms with Gasteiger partial charge in [-0.2, -0.15) is 0 Å². The van der Waals surface area contributed by atoms with Crippen LogP contribution in [0.1, 0.15) is 8.35 Å². The molecule has 1 unspecified atom stereocenters. The minimum absolute atomic E-state index is 0. The van der Waals surface area contributed by atoms with Crippen LogP contribution in [-0.2, 0) is 10.4 Å². The van der Waals surface area contributed by atoms with Crippen molar-refractivity contribution >= 4 is 27.7 Å². The van der Waals surface area contributed by atoms with Crippen molar-refractivity contribution in [2.45, 2.75) is 13.0 Å². The number of rotatable bonds is 4. The molecule has 0 saturated heterocycles. The predicted octanol–water partition coefficient (Wildman–Crippen LogP) is -1.11. The second-order valence-corrected chi connectivity index (χ2v) is 4.85. The van der Waals surface area contributed by atoms with Crippen molar-refractivity contribution in [2.75, 3.05) is 26.3 Å². The average molecular weight is 314 g/mol. The number of hydrogen-bond acceptors (Lipinski definition) is 6. The van der Waals surface area contributed by atoms with Crippen LogP contribution in [0.25, 0.3) is 0 Å². The Morgan fingerprint density at radius 3 is 2.32 bits per heavy atom. The van der Waals surface area contributed by atoms with Gasteiger partial charge in [-0.05, 0) is 25.2 Å². The quantitative estimate of drug-likeness (QED) is 0.336. The minimum Gasteiger partial charge on any atom is -0.726 e. The lowest BCUT2D eigenvalue weighted by molar-refractivity contribution is 0.212. The Bertz CT molecular complexity index is 409. The third-order valence-corrected chi connectivity index (χ3v) is 2.68.